The Kier molecular flexibility index (Phi) is 10.1. The fourth-order valence-corrected chi connectivity index (χ4v) is 5.68. The third kappa shape index (κ3) is 7.79. The van der Waals surface area contributed by atoms with Crippen molar-refractivity contribution in [3.63, 3.8) is 0 Å². The van der Waals surface area contributed by atoms with Gasteiger partial charge in [0.25, 0.3) is 0 Å². The van der Waals surface area contributed by atoms with Crippen molar-refractivity contribution in [2.45, 2.75) is 45.8 Å². The summed E-state index contributed by atoms with van der Waals surface area (Å²) in [6, 6.07) is 18.4. The predicted molar refractivity (Wildman–Crippen MR) is 158 cm³/mol. The van der Waals surface area contributed by atoms with E-state index < -0.39 is 34.3 Å². The second-order valence-electron chi connectivity index (χ2n) is 10.3. The van der Waals surface area contributed by atoms with E-state index in [4.69, 9.17) is 9.47 Å². The molecule has 0 fully saturated rings. The number of anilines is 1. The molecule has 11 heteroatoms. The van der Waals surface area contributed by atoms with Crippen molar-refractivity contribution in [2.24, 2.45) is 0 Å². The average molecular weight is 598 g/mol. The molecule has 1 aliphatic heterocycles. The number of nitrogens with zero attached hydrogens (tertiary/aromatic N) is 2. The van der Waals surface area contributed by atoms with Crippen molar-refractivity contribution in [3.05, 3.63) is 89.7 Å². The first-order valence-corrected chi connectivity index (χ1v) is 15.5. The molecule has 4 rings (SSSR count). The lowest BCUT2D eigenvalue weighted by molar-refractivity contribution is -0.140. The van der Waals surface area contributed by atoms with Crippen molar-refractivity contribution in [1.82, 2.24) is 10.2 Å². The van der Waals surface area contributed by atoms with Crippen LogP contribution < -0.4 is 19.1 Å². The van der Waals surface area contributed by atoms with Gasteiger partial charge in [0.1, 0.15) is 31.6 Å². The minimum absolute atomic E-state index is 0.0384. The lowest BCUT2D eigenvalue weighted by Crippen LogP contribution is -2.54. The number of hydrogen-bond acceptors (Lipinski definition) is 6. The van der Waals surface area contributed by atoms with Crippen molar-refractivity contribution in [1.29, 1.82) is 0 Å². The molecule has 1 atom stereocenters. The molecule has 0 unspecified atom stereocenters. The smallest absolute Gasteiger partial charge is 0.244 e. The van der Waals surface area contributed by atoms with E-state index in [-0.39, 0.29) is 36.4 Å². The highest BCUT2D eigenvalue weighted by atomic mass is 32.2. The van der Waals surface area contributed by atoms with E-state index in [9.17, 15) is 22.4 Å². The zero-order valence-electron chi connectivity index (χ0n) is 24.0. The number of carbonyl (C=O) groups excluding carboxylic acids is 2. The molecule has 0 bridgehead atoms. The zero-order chi connectivity index (χ0) is 30.3. The summed E-state index contributed by atoms with van der Waals surface area (Å²) in [7, 11) is -3.93. The van der Waals surface area contributed by atoms with Crippen LogP contribution in [0.4, 0.5) is 10.1 Å². The van der Waals surface area contributed by atoms with E-state index in [2.05, 4.69) is 5.32 Å². The quantitative estimate of drug-likeness (QED) is 0.340. The number of benzene rings is 3. The van der Waals surface area contributed by atoms with Crippen LogP contribution in [0.1, 0.15) is 31.9 Å². The third-order valence-electron chi connectivity index (χ3n) is 6.76. The van der Waals surface area contributed by atoms with Gasteiger partial charge in [-0.25, -0.2) is 12.8 Å². The molecule has 0 aliphatic carbocycles. The molecule has 1 heterocycles. The van der Waals surface area contributed by atoms with Crippen LogP contribution >= 0.6 is 0 Å². The highest BCUT2D eigenvalue weighted by Gasteiger charge is 2.34. The summed E-state index contributed by atoms with van der Waals surface area (Å²) < 4.78 is 52.6. The molecular formula is C31H36FN3O6S. The Morgan fingerprint density at radius 1 is 0.929 bits per heavy atom. The number of ether oxygens (including phenoxy) is 2. The molecule has 0 aromatic heterocycles. The zero-order valence-corrected chi connectivity index (χ0v) is 24.8. The van der Waals surface area contributed by atoms with Gasteiger partial charge in [-0.2, -0.15) is 0 Å². The fraction of sp³-hybridized carbons (Fsp3) is 0.355. The van der Waals surface area contributed by atoms with Crippen molar-refractivity contribution < 1.29 is 31.9 Å². The normalized spacial score (nSPS) is 13.4. The van der Waals surface area contributed by atoms with Gasteiger partial charge in [0, 0.05) is 25.1 Å². The Morgan fingerprint density at radius 2 is 1.60 bits per heavy atom. The minimum atomic E-state index is -3.93. The number of amides is 2. The Morgan fingerprint density at radius 3 is 2.24 bits per heavy atom. The predicted octanol–water partition coefficient (Wildman–Crippen LogP) is 3.92. The first kappa shape index (κ1) is 30.8. The summed E-state index contributed by atoms with van der Waals surface area (Å²) in [4.78, 5) is 29.1. The summed E-state index contributed by atoms with van der Waals surface area (Å²) in [5.74, 6) is -0.803. The lowest BCUT2D eigenvalue weighted by Gasteiger charge is -2.34. The first-order valence-electron chi connectivity index (χ1n) is 13.9. The topological polar surface area (TPSA) is 105 Å². The van der Waals surface area contributed by atoms with Gasteiger partial charge in [-0.15, -0.1) is 0 Å². The number of carbonyl (C=O) groups is 2. The summed E-state index contributed by atoms with van der Waals surface area (Å²) >= 11 is 0. The first-order chi connectivity index (χ1) is 20.1. The van der Waals surface area contributed by atoms with Crippen LogP contribution in [-0.4, -0.2) is 62.7 Å². The van der Waals surface area contributed by atoms with Crippen LogP contribution in [0.25, 0.3) is 0 Å². The van der Waals surface area contributed by atoms with E-state index in [1.54, 1.807) is 12.1 Å². The van der Waals surface area contributed by atoms with Gasteiger partial charge in [0.05, 0.1) is 11.4 Å². The van der Waals surface area contributed by atoms with Crippen LogP contribution in [-0.2, 0) is 32.6 Å². The molecule has 1 N–H and O–H groups in total. The van der Waals surface area contributed by atoms with Crippen LogP contribution in [0, 0.1) is 5.82 Å². The molecule has 3 aromatic carbocycles. The number of sulfonamides is 1. The van der Waals surface area contributed by atoms with Crippen LogP contribution in [0.2, 0.25) is 0 Å². The monoisotopic (exact) mass is 597 g/mol. The number of hydrogen-bond donors (Lipinski definition) is 1. The molecular weight excluding hydrogens is 561 g/mol. The lowest BCUT2D eigenvalue weighted by atomic mass is 10.0. The third-order valence-corrected chi connectivity index (χ3v) is 8.50. The summed E-state index contributed by atoms with van der Waals surface area (Å²) in [5, 5.41) is 2.90. The number of rotatable bonds is 12. The minimum Gasteiger partial charge on any atom is -0.486 e. The molecule has 1 aliphatic rings. The van der Waals surface area contributed by atoms with Crippen LogP contribution in [0.5, 0.6) is 11.5 Å². The highest BCUT2D eigenvalue weighted by molar-refractivity contribution is 7.92. The van der Waals surface area contributed by atoms with Crippen molar-refractivity contribution in [3.8, 4) is 11.5 Å². The number of nitrogens with one attached hydrogen (secondary N) is 1. The Hall–Kier alpha value is -4.12. The second kappa shape index (κ2) is 13.7. The molecule has 42 heavy (non-hydrogen) atoms. The molecule has 0 saturated carbocycles. The van der Waals surface area contributed by atoms with Gasteiger partial charge in [0.2, 0.25) is 21.8 Å². The highest BCUT2D eigenvalue weighted by Crippen LogP contribution is 2.35. The van der Waals surface area contributed by atoms with Gasteiger partial charge < -0.3 is 19.7 Å². The van der Waals surface area contributed by atoms with Gasteiger partial charge in [-0.1, -0.05) is 42.5 Å². The standard InChI is InChI=1S/C31H36FN3O6S/c1-4-42(38,39)35(26-14-15-28-29(19-26)41-17-16-40-28)21-30(36)34(20-24-10-12-25(32)13-11-24)27(31(37)33-22(2)3)18-23-8-6-5-7-9-23/h5-15,19,22,27H,4,16-18,20-21H2,1-3H3,(H,33,37)/t27-/m1/s1. The van der Waals surface area contributed by atoms with Crippen molar-refractivity contribution in [2.75, 3.05) is 29.8 Å². The molecule has 2 amide bonds. The summed E-state index contributed by atoms with van der Waals surface area (Å²) in [6.07, 6.45) is 0.191. The Bertz CT molecular complexity index is 1480. The van der Waals surface area contributed by atoms with Gasteiger partial charge >= 0.3 is 0 Å². The number of halogens is 1. The molecule has 0 saturated heterocycles. The Labute approximate surface area is 246 Å². The summed E-state index contributed by atoms with van der Waals surface area (Å²) in [5.41, 5.74) is 1.65. The second-order valence-corrected chi connectivity index (χ2v) is 12.4. The van der Waals surface area contributed by atoms with E-state index in [0.29, 0.717) is 30.3 Å². The van der Waals surface area contributed by atoms with E-state index in [1.807, 2.05) is 44.2 Å². The summed E-state index contributed by atoms with van der Waals surface area (Å²) in [6.45, 7) is 5.23. The largest absolute Gasteiger partial charge is 0.486 e. The van der Waals surface area contributed by atoms with Crippen LogP contribution in [0.15, 0.2) is 72.8 Å². The molecule has 224 valence electrons. The SMILES string of the molecule is CCS(=O)(=O)N(CC(=O)N(Cc1ccc(F)cc1)[C@H](Cc1ccccc1)C(=O)NC(C)C)c1ccc2c(c1)OCCO2. The maximum absolute atomic E-state index is 14.2. The maximum Gasteiger partial charge on any atom is 0.244 e. The maximum atomic E-state index is 14.2. The van der Waals surface area contributed by atoms with E-state index in [1.165, 1.54) is 42.2 Å². The molecule has 0 spiro atoms. The molecule has 3 aromatic rings. The van der Waals surface area contributed by atoms with Crippen molar-refractivity contribution >= 4 is 27.5 Å². The number of fused-ring (bicyclic) bond motifs is 1. The van der Waals surface area contributed by atoms with E-state index >= 15 is 0 Å². The molecule has 0 radical (unpaired) electrons. The Balaban J connectivity index is 1.74. The van der Waals surface area contributed by atoms with E-state index in [0.717, 1.165) is 9.87 Å². The molecule has 9 nitrogen and oxygen atoms in total. The fourth-order valence-electron chi connectivity index (χ4n) is 4.63. The van der Waals surface area contributed by atoms with Gasteiger partial charge in [0.15, 0.2) is 11.5 Å². The average Bonchev–Trinajstić information content (AvgIpc) is 2.98. The van der Waals surface area contributed by atoms with Gasteiger partial charge in [-0.05, 0) is 56.2 Å². The van der Waals surface area contributed by atoms with Gasteiger partial charge in [-0.3, -0.25) is 13.9 Å². The van der Waals surface area contributed by atoms with Crippen LogP contribution in [0.3, 0.4) is 0 Å².